The van der Waals surface area contributed by atoms with Crippen molar-refractivity contribution < 1.29 is 42.1 Å². The summed E-state index contributed by atoms with van der Waals surface area (Å²) in [6.45, 7) is 4.44. The minimum atomic E-state index is -4.38. The second-order valence-electron chi connectivity index (χ2n) is 20.0. The smallest absolute Gasteiger partial charge is 0.462 e. The number of phosphoric acid groups is 1. The van der Waals surface area contributed by atoms with Crippen LogP contribution in [0, 0.1) is 0 Å². The second-order valence-corrected chi connectivity index (χ2v) is 21.4. The van der Waals surface area contributed by atoms with Gasteiger partial charge in [-0.1, -0.05) is 231 Å². The number of ether oxygens (including phenoxy) is 2. The maximum atomic E-state index is 12.7. The Morgan fingerprint density at radius 2 is 0.797 bits per heavy atom. The summed E-state index contributed by atoms with van der Waals surface area (Å²) >= 11 is 0. The number of quaternary nitrogens is 1. The molecule has 0 bridgehead atoms. The third kappa shape index (κ3) is 50.2. The van der Waals surface area contributed by atoms with E-state index in [-0.39, 0.29) is 25.6 Å². The molecule has 380 valence electrons. The van der Waals surface area contributed by atoms with Gasteiger partial charge >= 0.3 is 19.8 Å². The van der Waals surface area contributed by atoms with E-state index < -0.39 is 26.5 Å². The summed E-state index contributed by atoms with van der Waals surface area (Å²) in [6, 6.07) is 0. The highest BCUT2D eigenvalue weighted by Gasteiger charge is 2.27. The zero-order valence-electron chi connectivity index (χ0n) is 43.0. The van der Waals surface area contributed by atoms with E-state index >= 15 is 0 Å². The molecule has 0 aliphatic carbocycles. The van der Waals surface area contributed by atoms with Crippen molar-refractivity contribution in [3.8, 4) is 0 Å². The lowest BCUT2D eigenvalue weighted by Gasteiger charge is -2.24. The Labute approximate surface area is 396 Å². The molecule has 0 saturated carbocycles. The van der Waals surface area contributed by atoms with Crippen LogP contribution in [0.4, 0.5) is 0 Å². The van der Waals surface area contributed by atoms with Crippen LogP contribution >= 0.6 is 7.82 Å². The number of carbonyl (C=O) groups excluding carboxylic acids is 2. The summed E-state index contributed by atoms with van der Waals surface area (Å²) in [6.07, 6.45) is 52.9. The average Bonchev–Trinajstić information content (AvgIpc) is 3.25. The topological polar surface area (TPSA) is 108 Å². The Hall–Kier alpha value is -1.25. The summed E-state index contributed by atoms with van der Waals surface area (Å²) in [4.78, 5) is 35.5. The molecule has 0 aliphatic rings. The van der Waals surface area contributed by atoms with E-state index in [1.54, 1.807) is 0 Å². The molecule has 10 heteroatoms. The fourth-order valence-electron chi connectivity index (χ4n) is 8.01. The van der Waals surface area contributed by atoms with Gasteiger partial charge in [0, 0.05) is 12.8 Å². The molecule has 0 fully saturated rings. The third-order valence-corrected chi connectivity index (χ3v) is 13.3. The van der Waals surface area contributed by atoms with E-state index in [1.165, 1.54) is 186 Å². The van der Waals surface area contributed by atoms with Gasteiger partial charge in [-0.3, -0.25) is 18.6 Å². The molecule has 0 spiro atoms. The number of allylic oxidation sites excluding steroid dienone is 2. The highest BCUT2D eigenvalue weighted by Crippen LogP contribution is 2.43. The maximum Gasteiger partial charge on any atom is 0.472 e. The Bertz CT molecular complexity index is 1100. The van der Waals surface area contributed by atoms with Crippen molar-refractivity contribution in [1.29, 1.82) is 0 Å². The lowest BCUT2D eigenvalue weighted by atomic mass is 10.0. The van der Waals surface area contributed by atoms with Crippen molar-refractivity contribution in [3.63, 3.8) is 0 Å². The van der Waals surface area contributed by atoms with E-state index in [9.17, 15) is 19.0 Å². The van der Waals surface area contributed by atoms with E-state index in [4.69, 9.17) is 18.5 Å². The summed E-state index contributed by atoms with van der Waals surface area (Å²) in [5.41, 5.74) is 0. The van der Waals surface area contributed by atoms with Gasteiger partial charge in [0.25, 0.3) is 0 Å². The van der Waals surface area contributed by atoms with Gasteiger partial charge < -0.3 is 18.9 Å². The molecule has 1 N–H and O–H groups in total. The van der Waals surface area contributed by atoms with Gasteiger partial charge in [0.15, 0.2) is 6.10 Å². The Balaban J connectivity index is 4.01. The Morgan fingerprint density at radius 3 is 1.19 bits per heavy atom. The van der Waals surface area contributed by atoms with Gasteiger partial charge in [-0.25, -0.2) is 4.57 Å². The van der Waals surface area contributed by atoms with Crippen molar-refractivity contribution in [2.75, 3.05) is 47.5 Å². The van der Waals surface area contributed by atoms with Crippen LogP contribution in [0.2, 0.25) is 0 Å². The first-order valence-electron chi connectivity index (χ1n) is 27.4. The number of phosphoric ester groups is 1. The minimum absolute atomic E-state index is 0.0334. The summed E-state index contributed by atoms with van der Waals surface area (Å²) < 4.78 is 34.4. The largest absolute Gasteiger partial charge is 0.472 e. The molecule has 2 atom stereocenters. The van der Waals surface area contributed by atoms with Crippen LogP contribution in [-0.4, -0.2) is 74.9 Å². The second kappa shape index (κ2) is 46.8. The lowest BCUT2D eigenvalue weighted by Crippen LogP contribution is -2.37. The van der Waals surface area contributed by atoms with Crippen molar-refractivity contribution in [2.45, 2.75) is 277 Å². The zero-order chi connectivity index (χ0) is 47.1. The standard InChI is InChI=1S/C54H106NO8P/c1-6-8-10-12-14-16-18-20-21-22-23-24-25-26-27-28-29-30-31-32-33-34-35-37-38-40-42-44-46-53(56)60-50-52(51-62-64(58,59)61-49-48-55(3,4)5)63-54(57)47-45-43-41-39-36-19-17-15-13-11-9-7-2/h15,17,52H,6-14,16,18-51H2,1-5H3/p+1/b17-15-. The lowest BCUT2D eigenvalue weighted by molar-refractivity contribution is -0.870. The first-order valence-corrected chi connectivity index (χ1v) is 28.9. The normalized spacial score (nSPS) is 13.4. The average molecular weight is 929 g/mol. The number of esters is 2. The first-order chi connectivity index (χ1) is 31.0. The van der Waals surface area contributed by atoms with Gasteiger partial charge in [-0.2, -0.15) is 0 Å². The van der Waals surface area contributed by atoms with Gasteiger partial charge in [0.05, 0.1) is 27.7 Å². The molecule has 0 rings (SSSR count). The predicted molar refractivity (Wildman–Crippen MR) is 271 cm³/mol. The number of unbranched alkanes of at least 4 members (excludes halogenated alkanes) is 35. The highest BCUT2D eigenvalue weighted by molar-refractivity contribution is 7.47. The minimum Gasteiger partial charge on any atom is -0.462 e. The molecule has 0 aromatic rings. The molecule has 0 amide bonds. The van der Waals surface area contributed by atoms with Crippen LogP contribution in [0.1, 0.15) is 271 Å². The van der Waals surface area contributed by atoms with Crippen LogP contribution in [0.15, 0.2) is 12.2 Å². The highest BCUT2D eigenvalue weighted by atomic mass is 31.2. The predicted octanol–water partition coefficient (Wildman–Crippen LogP) is 16.5. The first kappa shape index (κ1) is 62.8. The summed E-state index contributed by atoms with van der Waals surface area (Å²) in [5, 5.41) is 0. The molecule has 0 aromatic carbocycles. The summed E-state index contributed by atoms with van der Waals surface area (Å²) in [7, 11) is 1.49. The molecule has 0 heterocycles. The maximum absolute atomic E-state index is 12.7. The van der Waals surface area contributed by atoms with Crippen LogP contribution in [-0.2, 0) is 32.7 Å². The van der Waals surface area contributed by atoms with Gasteiger partial charge in [0.1, 0.15) is 19.8 Å². The zero-order valence-corrected chi connectivity index (χ0v) is 43.9. The number of hydrogen-bond donors (Lipinski definition) is 1. The van der Waals surface area contributed by atoms with Crippen molar-refractivity contribution >= 4 is 19.8 Å². The van der Waals surface area contributed by atoms with Gasteiger partial charge in [-0.05, 0) is 38.5 Å². The van der Waals surface area contributed by atoms with E-state index in [2.05, 4.69) is 26.0 Å². The van der Waals surface area contributed by atoms with E-state index in [1.807, 2.05) is 21.1 Å². The molecule has 2 unspecified atom stereocenters. The third-order valence-electron chi connectivity index (χ3n) is 12.3. The number of carbonyl (C=O) groups is 2. The van der Waals surface area contributed by atoms with Crippen molar-refractivity contribution in [1.82, 2.24) is 0 Å². The summed E-state index contributed by atoms with van der Waals surface area (Å²) in [5.74, 6) is -0.794. The molecule has 0 radical (unpaired) electrons. The number of nitrogens with zero attached hydrogens (tertiary/aromatic N) is 1. The van der Waals surface area contributed by atoms with Crippen LogP contribution in [0.3, 0.4) is 0 Å². The van der Waals surface area contributed by atoms with Crippen molar-refractivity contribution in [3.05, 3.63) is 12.2 Å². The molecule has 0 aromatic heterocycles. The molecular weight excluding hydrogens is 822 g/mol. The molecule has 0 saturated heterocycles. The molecule has 0 aliphatic heterocycles. The quantitative estimate of drug-likeness (QED) is 0.0211. The van der Waals surface area contributed by atoms with E-state index in [0.29, 0.717) is 23.9 Å². The Kier molecular flexibility index (Phi) is 45.9. The number of likely N-dealkylation sites (N-methyl/N-ethyl adjacent to an activating group) is 1. The van der Waals surface area contributed by atoms with Gasteiger partial charge in [-0.15, -0.1) is 0 Å². The number of hydrogen-bond acceptors (Lipinski definition) is 7. The molecular formula is C54H107NO8P+. The molecule has 9 nitrogen and oxygen atoms in total. The Morgan fingerprint density at radius 1 is 0.469 bits per heavy atom. The fourth-order valence-corrected chi connectivity index (χ4v) is 8.75. The van der Waals surface area contributed by atoms with Gasteiger partial charge in [0.2, 0.25) is 0 Å². The SMILES string of the molecule is CCCCC/C=C\CCCCCCCC(=O)OC(COC(=O)CCCCCCCCCCCCCCCCCCCCCCCCCCCCCC)COP(=O)(O)OCC[N+](C)(C)C. The van der Waals surface area contributed by atoms with Crippen LogP contribution in [0.25, 0.3) is 0 Å². The number of rotatable bonds is 51. The van der Waals surface area contributed by atoms with Crippen LogP contribution < -0.4 is 0 Å². The van der Waals surface area contributed by atoms with Crippen LogP contribution in [0.5, 0.6) is 0 Å². The molecule has 64 heavy (non-hydrogen) atoms. The fraction of sp³-hybridized carbons (Fsp3) is 0.926. The monoisotopic (exact) mass is 929 g/mol. The van der Waals surface area contributed by atoms with Crippen molar-refractivity contribution in [2.24, 2.45) is 0 Å². The van der Waals surface area contributed by atoms with E-state index in [0.717, 1.165) is 51.4 Å².